The van der Waals surface area contributed by atoms with Crippen molar-refractivity contribution in [3.63, 3.8) is 0 Å². The third kappa shape index (κ3) is 8.77. The van der Waals surface area contributed by atoms with Crippen molar-refractivity contribution in [1.82, 2.24) is 0 Å². The van der Waals surface area contributed by atoms with Crippen LogP contribution in [-0.2, 0) is 24.0 Å². The summed E-state index contributed by atoms with van der Waals surface area (Å²) >= 11 is 0. The first-order valence-electron chi connectivity index (χ1n) is 5.48. The van der Waals surface area contributed by atoms with E-state index in [0.717, 1.165) is 19.4 Å². The first-order chi connectivity index (χ1) is 7.50. The minimum atomic E-state index is 0.469. The van der Waals surface area contributed by atoms with Crippen LogP contribution in [0.2, 0.25) is 0 Å². The van der Waals surface area contributed by atoms with E-state index in [2.05, 4.69) is 0 Å². The van der Waals surface area contributed by atoms with Gasteiger partial charge in [0, 0.05) is 6.61 Å². The van der Waals surface area contributed by atoms with Crippen molar-refractivity contribution in [3.05, 3.63) is 0 Å². The molecule has 0 aromatic rings. The van der Waals surface area contributed by atoms with Gasteiger partial charge in [0.2, 0.25) is 0 Å². The smallest absolute Gasteiger partial charge is 0.106 e. The van der Waals surface area contributed by atoms with Crippen molar-refractivity contribution >= 4 is 0 Å². The minimum Gasteiger partial charge on any atom is -0.379 e. The van der Waals surface area contributed by atoms with Crippen LogP contribution in [0, 0.1) is 0 Å². The summed E-state index contributed by atoms with van der Waals surface area (Å²) in [5.41, 5.74) is 0. The Morgan fingerprint density at radius 2 is 0.867 bits per heavy atom. The largest absolute Gasteiger partial charge is 0.379 e. The highest BCUT2D eigenvalue weighted by atomic mass is 17.2. The first-order valence-corrected chi connectivity index (χ1v) is 5.48. The van der Waals surface area contributed by atoms with Gasteiger partial charge in [-0.3, -0.25) is 0 Å². The molecule has 0 unspecified atom stereocenters. The van der Waals surface area contributed by atoms with Crippen LogP contribution in [-0.4, -0.2) is 52.9 Å². The van der Waals surface area contributed by atoms with Crippen LogP contribution >= 0.6 is 0 Å². The van der Waals surface area contributed by atoms with Gasteiger partial charge in [-0.05, 0) is 12.8 Å². The highest BCUT2D eigenvalue weighted by Crippen LogP contribution is 1.93. The number of hydrogen-bond donors (Lipinski definition) is 0. The summed E-state index contributed by atoms with van der Waals surface area (Å²) in [5, 5.41) is 0. The molecule has 0 radical (unpaired) electrons. The zero-order valence-electron chi connectivity index (χ0n) is 9.11. The third-order valence-corrected chi connectivity index (χ3v) is 1.90. The molecular formula is C10H20O5. The lowest BCUT2D eigenvalue weighted by Gasteiger charge is -2.05. The molecule has 0 aromatic carbocycles. The van der Waals surface area contributed by atoms with Gasteiger partial charge in [0.05, 0.1) is 39.6 Å². The first kappa shape index (κ1) is 12.9. The quantitative estimate of drug-likeness (QED) is 0.564. The number of ether oxygens (including phenoxy) is 3. The molecule has 5 heteroatoms. The molecule has 0 N–H and O–H groups in total. The Hall–Kier alpha value is -0.200. The molecule has 0 aromatic heterocycles. The molecule has 0 spiro atoms. The van der Waals surface area contributed by atoms with E-state index in [9.17, 15) is 0 Å². The fourth-order valence-corrected chi connectivity index (χ4v) is 1.12. The highest BCUT2D eigenvalue weighted by molar-refractivity contribution is 4.38. The second-order valence-electron chi connectivity index (χ2n) is 3.19. The summed E-state index contributed by atoms with van der Waals surface area (Å²) in [6, 6.07) is 0. The summed E-state index contributed by atoms with van der Waals surface area (Å²) in [5.74, 6) is 0. The van der Waals surface area contributed by atoms with Gasteiger partial charge in [0.25, 0.3) is 0 Å². The van der Waals surface area contributed by atoms with E-state index < -0.39 is 0 Å². The third-order valence-electron chi connectivity index (χ3n) is 1.90. The number of hydrogen-bond acceptors (Lipinski definition) is 5. The van der Waals surface area contributed by atoms with Gasteiger partial charge in [-0.2, -0.15) is 0 Å². The van der Waals surface area contributed by atoms with E-state index in [1.807, 2.05) is 0 Å². The molecule has 15 heavy (non-hydrogen) atoms. The Bertz CT molecular complexity index is 72.4. The van der Waals surface area contributed by atoms with Crippen molar-refractivity contribution < 1.29 is 24.0 Å². The van der Waals surface area contributed by atoms with Gasteiger partial charge in [-0.15, -0.1) is 0 Å². The van der Waals surface area contributed by atoms with Crippen LogP contribution in [0.15, 0.2) is 0 Å². The normalized spacial score (nSPS) is 24.0. The molecule has 0 aliphatic carbocycles. The molecule has 0 bridgehead atoms. The molecule has 1 saturated heterocycles. The van der Waals surface area contributed by atoms with Crippen LogP contribution < -0.4 is 0 Å². The summed E-state index contributed by atoms with van der Waals surface area (Å²) in [4.78, 5) is 9.85. The van der Waals surface area contributed by atoms with E-state index in [4.69, 9.17) is 24.0 Å². The Balaban J connectivity index is 2.01. The molecule has 1 aliphatic heterocycles. The van der Waals surface area contributed by atoms with E-state index >= 15 is 0 Å². The maximum atomic E-state index is 5.35. The maximum Gasteiger partial charge on any atom is 0.106 e. The Morgan fingerprint density at radius 3 is 1.60 bits per heavy atom. The predicted molar refractivity (Wildman–Crippen MR) is 53.6 cm³/mol. The Labute approximate surface area is 90.5 Å². The topological polar surface area (TPSA) is 46.2 Å². The lowest BCUT2D eigenvalue weighted by atomic mass is 10.3. The molecule has 0 atom stereocenters. The zero-order chi connectivity index (χ0) is 10.6. The second kappa shape index (κ2) is 10.3. The number of rotatable bonds is 0. The molecule has 5 nitrogen and oxygen atoms in total. The molecule has 1 rings (SSSR count). The van der Waals surface area contributed by atoms with Crippen LogP contribution in [0.4, 0.5) is 0 Å². The van der Waals surface area contributed by atoms with Gasteiger partial charge in [-0.25, -0.2) is 9.78 Å². The van der Waals surface area contributed by atoms with Gasteiger partial charge in [0.15, 0.2) is 0 Å². The van der Waals surface area contributed by atoms with Crippen LogP contribution in [0.1, 0.15) is 12.8 Å². The van der Waals surface area contributed by atoms with Crippen molar-refractivity contribution in [3.8, 4) is 0 Å². The highest BCUT2D eigenvalue weighted by Gasteiger charge is 1.95. The van der Waals surface area contributed by atoms with Crippen molar-refractivity contribution in [1.29, 1.82) is 0 Å². The fourth-order valence-electron chi connectivity index (χ4n) is 1.12. The summed E-state index contributed by atoms with van der Waals surface area (Å²) < 4.78 is 15.9. The molecule has 1 fully saturated rings. The van der Waals surface area contributed by atoms with Crippen LogP contribution in [0.5, 0.6) is 0 Å². The maximum absolute atomic E-state index is 5.35. The van der Waals surface area contributed by atoms with E-state index in [1.54, 1.807) is 0 Å². The summed E-state index contributed by atoms with van der Waals surface area (Å²) in [7, 11) is 0. The summed E-state index contributed by atoms with van der Waals surface area (Å²) in [6.07, 6.45) is 1.93. The predicted octanol–water partition coefficient (Wildman–Crippen LogP) is 0.778. The van der Waals surface area contributed by atoms with Crippen molar-refractivity contribution in [2.75, 3.05) is 52.9 Å². The minimum absolute atomic E-state index is 0.469. The van der Waals surface area contributed by atoms with E-state index in [0.29, 0.717) is 46.2 Å². The average molecular weight is 220 g/mol. The lowest BCUT2D eigenvalue weighted by Crippen LogP contribution is -2.11. The summed E-state index contributed by atoms with van der Waals surface area (Å²) in [6.45, 7) is 4.85. The standard InChI is InChI=1S/C10H20O5/c1-2-4-14-15-10-9-13-8-7-12-6-5-11-3-1/h1-10H2. The van der Waals surface area contributed by atoms with E-state index in [-0.39, 0.29) is 0 Å². The average Bonchev–Trinajstić information content (AvgIpc) is 2.27. The van der Waals surface area contributed by atoms with Gasteiger partial charge in [-0.1, -0.05) is 0 Å². The van der Waals surface area contributed by atoms with Gasteiger partial charge in [0.1, 0.15) is 6.61 Å². The lowest BCUT2D eigenvalue weighted by molar-refractivity contribution is -0.299. The molecule has 1 aliphatic rings. The molecular weight excluding hydrogens is 200 g/mol. The second-order valence-corrected chi connectivity index (χ2v) is 3.19. The fraction of sp³-hybridized carbons (Fsp3) is 1.00. The molecule has 1 heterocycles. The van der Waals surface area contributed by atoms with Crippen molar-refractivity contribution in [2.45, 2.75) is 12.8 Å². The van der Waals surface area contributed by atoms with Crippen LogP contribution in [0.3, 0.4) is 0 Å². The van der Waals surface area contributed by atoms with Crippen LogP contribution in [0.25, 0.3) is 0 Å². The molecule has 90 valence electrons. The molecule has 0 saturated carbocycles. The van der Waals surface area contributed by atoms with Crippen molar-refractivity contribution in [2.24, 2.45) is 0 Å². The Kier molecular flexibility index (Phi) is 8.85. The Morgan fingerprint density at radius 1 is 0.400 bits per heavy atom. The SMILES string of the molecule is C1CCOOCCOCCOCCOC1. The monoisotopic (exact) mass is 220 g/mol. The van der Waals surface area contributed by atoms with E-state index in [1.165, 1.54) is 0 Å². The van der Waals surface area contributed by atoms with Gasteiger partial charge < -0.3 is 14.2 Å². The van der Waals surface area contributed by atoms with Gasteiger partial charge >= 0.3 is 0 Å². The zero-order valence-corrected chi connectivity index (χ0v) is 9.11. The molecule has 0 amide bonds.